The van der Waals surface area contributed by atoms with Gasteiger partial charge in [0.25, 0.3) is 0 Å². The van der Waals surface area contributed by atoms with Crippen LogP contribution in [0.3, 0.4) is 0 Å². The van der Waals surface area contributed by atoms with Crippen molar-refractivity contribution in [2.45, 2.75) is 19.0 Å². The topological polar surface area (TPSA) is 111 Å². The van der Waals surface area contributed by atoms with Gasteiger partial charge in [0.1, 0.15) is 5.82 Å². The largest absolute Gasteiger partial charge is 0.465 e. The molecule has 0 aromatic carbocycles. The van der Waals surface area contributed by atoms with Gasteiger partial charge in [0.2, 0.25) is 0 Å². The minimum absolute atomic E-state index is 0.114. The summed E-state index contributed by atoms with van der Waals surface area (Å²) in [5, 5.41) is 9.13. The van der Waals surface area contributed by atoms with Crippen LogP contribution in [0, 0.1) is 5.92 Å². The van der Waals surface area contributed by atoms with Crippen molar-refractivity contribution in [2.75, 3.05) is 19.0 Å². The van der Waals surface area contributed by atoms with Crippen molar-refractivity contribution >= 4 is 17.8 Å². The molecule has 0 bridgehead atoms. The monoisotopic (exact) mass is 460 g/mol. The first-order valence-electron chi connectivity index (χ1n) is 9.95. The molecule has 1 aliphatic carbocycles. The standard InChI is InChI=1S/C21H19F3N6O3/c1-33-19(31)14-4-13(7-25-8-14)16-10-26-18(29-20(32)27-6-12-2-3-12)5-17(16)30-11-15(9-28-30)21(22,23)24/h4-5,7-12H,2-3,6H2,1H3,(H2,26,27,29,32). The third kappa shape index (κ3) is 5.27. The molecule has 1 aliphatic rings. The summed E-state index contributed by atoms with van der Waals surface area (Å²) in [5.41, 5.74) is 0.146. The molecule has 2 N–H and O–H groups in total. The van der Waals surface area contributed by atoms with Crippen LogP contribution in [0.15, 0.2) is 43.1 Å². The Labute approximate surface area is 186 Å². The number of carbonyl (C=O) groups excluding carboxylic acids is 2. The minimum Gasteiger partial charge on any atom is -0.465 e. The van der Waals surface area contributed by atoms with Crippen LogP contribution in [0.1, 0.15) is 28.8 Å². The third-order valence-electron chi connectivity index (χ3n) is 5.00. The van der Waals surface area contributed by atoms with Gasteiger partial charge in [-0.3, -0.25) is 10.3 Å². The Morgan fingerprint density at radius 1 is 1.18 bits per heavy atom. The second-order valence-electron chi connectivity index (χ2n) is 7.49. The average molecular weight is 460 g/mol. The van der Waals surface area contributed by atoms with Gasteiger partial charge in [0, 0.05) is 48.5 Å². The molecular weight excluding hydrogens is 441 g/mol. The average Bonchev–Trinajstić information content (AvgIpc) is 3.49. The normalized spacial score (nSPS) is 13.5. The number of alkyl halides is 3. The summed E-state index contributed by atoms with van der Waals surface area (Å²) < 4.78 is 45.1. The third-order valence-corrected chi connectivity index (χ3v) is 5.00. The number of hydrogen-bond acceptors (Lipinski definition) is 6. The van der Waals surface area contributed by atoms with Gasteiger partial charge in [0.15, 0.2) is 0 Å². The number of esters is 1. The second-order valence-corrected chi connectivity index (χ2v) is 7.49. The van der Waals surface area contributed by atoms with Crippen molar-refractivity contribution in [3.8, 4) is 16.8 Å². The summed E-state index contributed by atoms with van der Waals surface area (Å²) in [6.07, 6.45) is 3.17. The number of pyridine rings is 2. The fourth-order valence-corrected chi connectivity index (χ4v) is 3.06. The van der Waals surface area contributed by atoms with E-state index in [4.69, 9.17) is 4.74 Å². The number of amides is 2. The van der Waals surface area contributed by atoms with E-state index in [9.17, 15) is 22.8 Å². The number of urea groups is 1. The predicted octanol–water partition coefficient (Wildman–Crippen LogP) is 3.67. The molecule has 4 rings (SSSR count). The molecule has 33 heavy (non-hydrogen) atoms. The first-order chi connectivity index (χ1) is 15.7. The van der Waals surface area contributed by atoms with Crippen molar-refractivity contribution in [1.82, 2.24) is 25.1 Å². The van der Waals surface area contributed by atoms with Gasteiger partial charge in [-0.05, 0) is 24.8 Å². The van der Waals surface area contributed by atoms with Gasteiger partial charge in [0.05, 0.1) is 30.1 Å². The molecule has 1 saturated carbocycles. The molecule has 0 spiro atoms. The van der Waals surface area contributed by atoms with Crippen molar-refractivity contribution in [3.05, 3.63) is 54.2 Å². The highest BCUT2D eigenvalue weighted by molar-refractivity contribution is 5.91. The lowest BCUT2D eigenvalue weighted by atomic mass is 10.1. The van der Waals surface area contributed by atoms with E-state index in [2.05, 4.69) is 25.7 Å². The van der Waals surface area contributed by atoms with Crippen molar-refractivity contribution in [2.24, 2.45) is 5.92 Å². The van der Waals surface area contributed by atoms with E-state index in [1.165, 1.54) is 37.8 Å². The summed E-state index contributed by atoms with van der Waals surface area (Å²) in [4.78, 5) is 32.2. The molecule has 172 valence electrons. The Morgan fingerprint density at radius 2 is 1.97 bits per heavy atom. The van der Waals surface area contributed by atoms with Gasteiger partial charge < -0.3 is 10.1 Å². The molecule has 0 saturated heterocycles. The van der Waals surface area contributed by atoms with E-state index < -0.39 is 23.7 Å². The predicted molar refractivity (Wildman–Crippen MR) is 111 cm³/mol. The minimum atomic E-state index is -4.58. The van der Waals surface area contributed by atoms with Gasteiger partial charge in [-0.15, -0.1) is 0 Å². The maximum atomic E-state index is 13.1. The van der Waals surface area contributed by atoms with Crippen molar-refractivity contribution in [1.29, 1.82) is 0 Å². The van der Waals surface area contributed by atoms with Crippen molar-refractivity contribution in [3.63, 3.8) is 0 Å². The zero-order valence-electron chi connectivity index (χ0n) is 17.4. The lowest BCUT2D eigenvalue weighted by Crippen LogP contribution is -2.30. The number of ether oxygens (including phenoxy) is 1. The number of nitrogens with one attached hydrogen (secondary N) is 2. The number of anilines is 1. The Kier molecular flexibility index (Phi) is 5.99. The summed E-state index contributed by atoms with van der Waals surface area (Å²) in [6, 6.07) is 2.39. The SMILES string of the molecule is COC(=O)c1cncc(-c2cnc(NC(=O)NCC3CC3)cc2-n2cc(C(F)(F)F)cn2)c1. The Bertz CT molecular complexity index is 1190. The van der Waals surface area contributed by atoms with Crippen LogP contribution in [0.25, 0.3) is 16.8 Å². The van der Waals surface area contributed by atoms with Gasteiger partial charge in [-0.2, -0.15) is 18.3 Å². The Morgan fingerprint density at radius 3 is 2.64 bits per heavy atom. The lowest BCUT2D eigenvalue weighted by Gasteiger charge is -2.13. The van der Waals surface area contributed by atoms with E-state index in [-0.39, 0.29) is 17.1 Å². The number of halogens is 3. The van der Waals surface area contributed by atoms with Crippen LogP contribution >= 0.6 is 0 Å². The van der Waals surface area contributed by atoms with Crippen molar-refractivity contribution < 1.29 is 27.5 Å². The van der Waals surface area contributed by atoms with Crippen LogP contribution in [0.4, 0.5) is 23.8 Å². The van der Waals surface area contributed by atoms with Gasteiger partial charge in [-0.25, -0.2) is 19.3 Å². The molecule has 0 aliphatic heterocycles. The second kappa shape index (κ2) is 8.88. The van der Waals surface area contributed by atoms with E-state index in [0.717, 1.165) is 23.7 Å². The van der Waals surface area contributed by atoms with E-state index in [1.807, 2.05) is 0 Å². The fourth-order valence-electron chi connectivity index (χ4n) is 3.06. The highest BCUT2D eigenvalue weighted by Crippen LogP contribution is 2.32. The number of nitrogens with zero attached hydrogens (tertiary/aromatic N) is 4. The maximum Gasteiger partial charge on any atom is 0.419 e. The number of methoxy groups -OCH3 is 1. The molecule has 9 nitrogen and oxygen atoms in total. The quantitative estimate of drug-likeness (QED) is 0.543. The molecule has 0 radical (unpaired) electrons. The van der Waals surface area contributed by atoms with Crippen LogP contribution in [-0.2, 0) is 10.9 Å². The first kappa shape index (κ1) is 22.2. The number of carbonyl (C=O) groups is 2. The zero-order valence-corrected chi connectivity index (χ0v) is 17.4. The summed E-state index contributed by atoms with van der Waals surface area (Å²) in [6.45, 7) is 0.539. The molecule has 12 heteroatoms. The molecule has 3 aromatic heterocycles. The zero-order chi connectivity index (χ0) is 23.6. The molecule has 3 heterocycles. The Balaban J connectivity index is 1.71. The van der Waals surface area contributed by atoms with Gasteiger partial charge >= 0.3 is 18.2 Å². The van der Waals surface area contributed by atoms with Crippen LogP contribution in [0.2, 0.25) is 0 Å². The van der Waals surface area contributed by atoms with Gasteiger partial charge in [-0.1, -0.05) is 0 Å². The smallest absolute Gasteiger partial charge is 0.419 e. The maximum absolute atomic E-state index is 13.1. The van der Waals surface area contributed by atoms with E-state index in [0.29, 0.717) is 29.8 Å². The fraction of sp³-hybridized carbons (Fsp3) is 0.286. The molecule has 2 amide bonds. The molecule has 0 unspecified atom stereocenters. The lowest BCUT2D eigenvalue weighted by molar-refractivity contribution is -0.137. The Hall–Kier alpha value is -3.96. The number of aromatic nitrogens is 4. The molecule has 0 atom stereocenters. The van der Waals surface area contributed by atoms with E-state index in [1.54, 1.807) is 0 Å². The summed E-state index contributed by atoms with van der Waals surface area (Å²) in [5.74, 6) is -0.0350. The number of hydrogen-bond donors (Lipinski definition) is 2. The van der Waals surface area contributed by atoms with Crippen LogP contribution in [0.5, 0.6) is 0 Å². The van der Waals surface area contributed by atoms with Crippen LogP contribution < -0.4 is 10.6 Å². The molecule has 3 aromatic rings. The highest BCUT2D eigenvalue weighted by Gasteiger charge is 2.32. The van der Waals surface area contributed by atoms with Crippen LogP contribution in [-0.4, -0.2) is 45.4 Å². The van der Waals surface area contributed by atoms with E-state index >= 15 is 0 Å². The first-order valence-corrected chi connectivity index (χ1v) is 9.95. The number of rotatable bonds is 6. The highest BCUT2D eigenvalue weighted by atomic mass is 19.4. The summed E-state index contributed by atoms with van der Waals surface area (Å²) >= 11 is 0. The summed E-state index contributed by atoms with van der Waals surface area (Å²) in [7, 11) is 1.22. The molecular formula is C21H19F3N6O3. The molecule has 1 fully saturated rings.